The van der Waals surface area contributed by atoms with E-state index in [1.165, 1.54) is 19.9 Å². The summed E-state index contributed by atoms with van der Waals surface area (Å²) in [6.07, 6.45) is -10.0. The Morgan fingerprint density at radius 3 is 1.92 bits per heavy atom. The van der Waals surface area contributed by atoms with Crippen LogP contribution in [0.5, 0.6) is 11.5 Å². The van der Waals surface area contributed by atoms with Gasteiger partial charge in [-0.2, -0.15) is 13.2 Å². The molecule has 2 aromatic rings. The number of anilines is 1. The monoisotopic (exact) mass is 363 g/mol. The number of alkyl halides is 6. The highest BCUT2D eigenvalue weighted by atomic mass is 19.4. The molecule has 2 rings (SSSR count). The molecule has 1 unspecified atom stereocenters. The molecule has 136 valence electrons. The van der Waals surface area contributed by atoms with E-state index in [9.17, 15) is 26.3 Å². The van der Waals surface area contributed by atoms with Crippen LogP contribution in [0, 0.1) is 13.8 Å². The first-order valence-corrected chi connectivity index (χ1v) is 7.16. The Balaban J connectivity index is 2.52. The van der Waals surface area contributed by atoms with E-state index < -0.39 is 23.8 Å². The number of nitrogens with two attached hydrogens (primary N) is 1. The Labute approximate surface area is 140 Å². The van der Waals surface area contributed by atoms with Crippen LogP contribution < -0.4 is 10.5 Å². The maximum absolute atomic E-state index is 14.2. The van der Waals surface area contributed by atoms with Gasteiger partial charge in [-0.1, -0.05) is 12.1 Å². The lowest BCUT2D eigenvalue weighted by atomic mass is 9.92. The molecule has 2 nitrogen and oxygen atoms in total. The lowest BCUT2D eigenvalue weighted by Gasteiger charge is -2.28. The molecule has 0 saturated carbocycles. The highest BCUT2D eigenvalue weighted by molar-refractivity contribution is 5.56. The second kappa shape index (κ2) is 6.50. The molecule has 0 aliphatic heterocycles. The summed E-state index contributed by atoms with van der Waals surface area (Å²) in [5.41, 5.74) is 0.240. The van der Waals surface area contributed by atoms with E-state index in [4.69, 9.17) is 10.5 Å². The number of hydrogen-bond acceptors (Lipinski definition) is 2. The summed E-state index contributed by atoms with van der Waals surface area (Å²) >= 11 is 0. The minimum absolute atomic E-state index is 0.0742. The summed E-state index contributed by atoms with van der Waals surface area (Å²) in [5.74, 6) is 0.373. The van der Waals surface area contributed by atoms with Crippen molar-refractivity contribution >= 4 is 5.69 Å². The summed E-state index contributed by atoms with van der Waals surface area (Å²) in [5, 5.41) is 0. The highest BCUT2D eigenvalue weighted by Gasteiger charge is 2.64. The molecule has 0 bridgehead atoms. The van der Waals surface area contributed by atoms with E-state index in [0.29, 0.717) is 12.1 Å². The van der Waals surface area contributed by atoms with Gasteiger partial charge in [-0.25, -0.2) is 13.2 Å². The molecule has 0 saturated heterocycles. The number of halogens is 6. The zero-order chi connectivity index (χ0) is 19.0. The highest BCUT2D eigenvalue weighted by Crippen LogP contribution is 2.48. The van der Waals surface area contributed by atoms with E-state index >= 15 is 0 Å². The van der Waals surface area contributed by atoms with Gasteiger partial charge in [0.1, 0.15) is 11.5 Å². The van der Waals surface area contributed by atoms with Crippen LogP contribution in [0.1, 0.15) is 16.7 Å². The van der Waals surface area contributed by atoms with Gasteiger partial charge in [0.2, 0.25) is 0 Å². The number of aryl methyl sites for hydroxylation is 2. The summed E-state index contributed by atoms with van der Waals surface area (Å²) < 4.78 is 84.2. The second-order valence-electron chi connectivity index (χ2n) is 5.59. The summed E-state index contributed by atoms with van der Waals surface area (Å²) in [4.78, 5) is 0. The van der Waals surface area contributed by atoms with Crippen LogP contribution >= 0.6 is 0 Å². The van der Waals surface area contributed by atoms with Gasteiger partial charge in [-0.05, 0) is 49.2 Å². The number of rotatable bonds is 4. The Hall–Kier alpha value is -2.38. The molecule has 0 radical (unpaired) electrons. The molecule has 2 N–H and O–H groups in total. The molecule has 25 heavy (non-hydrogen) atoms. The van der Waals surface area contributed by atoms with E-state index in [1.807, 2.05) is 0 Å². The fraction of sp³-hybridized carbons (Fsp3) is 0.294. The molecule has 0 aliphatic carbocycles. The van der Waals surface area contributed by atoms with E-state index in [2.05, 4.69) is 0 Å². The minimum Gasteiger partial charge on any atom is -0.455 e. The van der Waals surface area contributed by atoms with E-state index in [1.54, 1.807) is 18.2 Å². The van der Waals surface area contributed by atoms with Gasteiger partial charge in [0.15, 0.2) is 0 Å². The predicted molar refractivity (Wildman–Crippen MR) is 81.7 cm³/mol. The maximum Gasteiger partial charge on any atom is 0.432 e. The van der Waals surface area contributed by atoms with Crippen molar-refractivity contribution in [2.45, 2.75) is 32.1 Å². The van der Waals surface area contributed by atoms with Gasteiger partial charge >= 0.3 is 6.18 Å². The van der Waals surface area contributed by atoms with Gasteiger partial charge in [-0.15, -0.1) is 0 Å². The zero-order valence-electron chi connectivity index (χ0n) is 13.3. The lowest BCUT2D eigenvalue weighted by molar-refractivity contribution is -0.274. The average Bonchev–Trinajstić information content (AvgIpc) is 2.50. The van der Waals surface area contributed by atoms with Gasteiger partial charge in [-0.3, -0.25) is 0 Å². The molecule has 0 heterocycles. The SMILES string of the molecule is Cc1cc(C(F)(C(F)F)C(F)(F)F)cc(C)c1Oc1ccccc1N. The fourth-order valence-corrected chi connectivity index (χ4v) is 2.42. The molecule has 1 atom stereocenters. The van der Waals surface area contributed by atoms with Crippen LogP contribution in [0.2, 0.25) is 0 Å². The van der Waals surface area contributed by atoms with Crippen molar-refractivity contribution in [1.82, 2.24) is 0 Å². The molecule has 8 heteroatoms. The number of nitrogen functional groups attached to an aromatic ring is 1. The minimum atomic E-state index is -5.76. The molecular formula is C17H15F6NO. The third kappa shape index (κ3) is 3.38. The first-order valence-electron chi connectivity index (χ1n) is 7.16. The van der Waals surface area contributed by atoms with Crippen molar-refractivity contribution < 1.29 is 31.1 Å². The lowest BCUT2D eigenvalue weighted by Crippen LogP contribution is -2.44. The number of para-hydroxylation sites is 2. The van der Waals surface area contributed by atoms with Crippen molar-refractivity contribution in [3.05, 3.63) is 53.1 Å². The van der Waals surface area contributed by atoms with Crippen LogP contribution in [0.25, 0.3) is 0 Å². The normalized spacial score (nSPS) is 14.4. The Morgan fingerprint density at radius 2 is 1.48 bits per heavy atom. The molecule has 0 aromatic heterocycles. The molecule has 0 fully saturated rings. The second-order valence-corrected chi connectivity index (χ2v) is 5.59. The van der Waals surface area contributed by atoms with E-state index in [0.717, 1.165) is 0 Å². The van der Waals surface area contributed by atoms with E-state index in [-0.39, 0.29) is 28.3 Å². The summed E-state index contributed by atoms with van der Waals surface area (Å²) in [7, 11) is 0. The van der Waals surface area contributed by atoms with Crippen molar-refractivity contribution in [2.24, 2.45) is 0 Å². The standard InChI is InChI=1S/C17H15F6NO/c1-9-7-11(16(20,15(18)19)17(21,22)23)8-10(2)14(9)25-13-6-4-3-5-12(13)24/h3-8,15H,24H2,1-2H3. The first kappa shape index (κ1) is 19.0. The number of benzene rings is 2. The van der Waals surface area contributed by atoms with Crippen LogP contribution in [0.4, 0.5) is 32.0 Å². The molecular weight excluding hydrogens is 348 g/mol. The maximum atomic E-state index is 14.2. The van der Waals surface area contributed by atoms with Crippen molar-refractivity contribution in [3.8, 4) is 11.5 Å². The molecule has 2 aromatic carbocycles. The largest absolute Gasteiger partial charge is 0.455 e. The number of hydrogen-bond donors (Lipinski definition) is 1. The Kier molecular flexibility index (Phi) is 4.92. The predicted octanol–water partition coefficient (Wildman–Crippen LogP) is 5.67. The Bertz CT molecular complexity index is 751. The van der Waals surface area contributed by atoms with Gasteiger partial charge < -0.3 is 10.5 Å². The van der Waals surface area contributed by atoms with Crippen LogP contribution in [0.3, 0.4) is 0 Å². The fourth-order valence-electron chi connectivity index (χ4n) is 2.42. The number of ether oxygens (including phenoxy) is 1. The van der Waals surface area contributed by atoms with Gasteiger partial charge in [0.25, 0.3) is 12.1 Å². The van der Waals surface area contributed by atoms with Crippen LogP contribution in [-0.2, 0) is 5.67 Å². The van der Waals surface area contributed by atoms with Gasteiger partial charge in [0, 0.05) is 5.56 Å². The third-order valence-electron chi connectivity index (χ3n) is 3.72. The van der Waals surface area contributed by atoms with Gasteiger partial charge in [0.05, 0.1) is 5.69 Å². The smallest absolute Gasteiger partial charge is 0.432 e. The van der Waals surface area contributed by atoms with Crippen molar-refractivity contribution in [2.75, 3.05) is 5.73 Å². The van der Waals surface area contributed by atoms with Crippen molar-refractivity contribution in [3.63, 3.8) is 0 Å². The van der Waals surface area contributed by atoms with Crippen molar-refractivity contribution in [1.29, 1.82) is 0 Å². The third-order valence-corrected chi connectivity index (χ3v) is 3.72. The zero-order valence-corrected chi connectivity index (χ0v) is 13.3. The molecule has 0 amide bonds. The topological polar surface area (TPSA) is 35.2 Å². The first-order chi connectivity index (χ1) is 11.5. The quantitative estimate of drug-likeness (QED) is 0.561. The Morgan fingerprint density at radius 1 is 0.960 bits per heavy atom. The average molecular weight is 363 g/mol. The summed E-state index contributed by atoms with van der Waals surface area (Å²) in [6, 6.07) is 7.81. The molecule has 0 aliphatic rings. The molecule has 0 spiro atoms. The van der Waals surface area contributed by atoms with Crippen LogP contribution in [-0.4, -0.2) is 12.6 Å². The summed E-state index contributed by atoms with van der Waals surface area (Å²) in [6.45, 7) is 2.68. The van der Waals surface area contributed by atoms with Crippen LogP contribution in [0.15, 0.2) is 36.4 Å².